The summed E-state index contributed by atoms with van der Waals surface area (Å²) in [6.45, 7) is 1.71. The summed E-state index contributed by atoms with van der Waals surface area (Å²) in [5.41, 5.74) is 2.55. The number of carbonyl (C=O) groups excluding carboxylic acids is 1. The van der Waals surface area contributed by atoms with Crippen molar-refractivity contribution in [2.24, 2.45) is 0 Å². The highest BCUT2D eigenvalue weighted by Gasteiger charge is 2.13. The molecule has 1 heterocycles. The summed E-state index contributed by atoms with van der Waals surface area (Å²) in [5.74, 6) is 0.638. The fourth-order valence-electron chi connectivity index (χ4n) is 2.40. The number of hydrogen-bond acceptors (Lipinski definition) is 3. The summed E-state index contributed by atoms with van der Waals surface area (Å²) in [6.07, 6.45) is 0. The monoisotopic (exact) mass is 375 g/mol. The van der Waals surface area contributed by atoms with Crippen LogP contribution in [0.15, 0.2) is 52.9 Å². The SMILES string of the molecule is Cc1ccc(C(=O)Nc2ccc(Cl)c(-c3ccc(CO)o3)c2)c(Cl)c1. The van der Waals surface area contributed by atoms with Crippen molar-refractivity contribution in [2.75, 3.05) is 5.32 Å². The molecule has 4 nitrogen and oxygen atoms in total. The number of halogens is 2. The number of rotatable bonds is 4. The Hall–Kier alpha value is -2.27. The summed E-state index contributed by atoms with van der Waals surface area (Å²) < 4.78 is 5.51. The van der Waals surface area contributed by atoms with E-state index in [9.17, 15) is 4.79 Å². The predicted molar refractivity (Wildman–Crippen MR) is 99.2 cm³/mol. The first-order chi connectivity index (χ1) is 12.0. The Kier molecular flexibility index (Phi) is 5.13. The molecule has 0 aliphatic carbocycles. The van der Waals surface area contributed by atoms with Crippen LogP contribution < -0.4 is 5.32 Å². The maximum absolute atomic E-state index is 12.4. The molecular formula is C19H15Cl2NO3. The second-order valence-corrected chi connectivity index (χ2v) is 6.37. The molecular weight excluding hydrogens is 361 g/mol. The third kappa shape index (κ3) is 3.87. The number of aryl methyl sites for hydroxylation is 1. The Morgan fingerprint density at radius 2 is 1.88 bits per heavy atom. The number of carbonyl (C=O) groups is 1. The first-order valence-electron chi connectivity index (χ1n) is 7.55. The number of furan rings is 1. The summed E-state index contributed by atoms with van der Waals surface area (Å²) in [5, 5.41) is 12.8. The van der Waals surface area contributed by atoms with Crippen molar-refractivity contribution in [3.05, 3.63) is 75.5 Å². The normalized spacial score (nSPS) is 10.7. The first-order valence-corrected chi connectivity index (χ1v) is 8.30. The lowest BCUT2D eigenvalue weighted by Gasteiger charge is -2.09. The molecule has 25 heavy (non-hydrogen) atoms. The van der Waals surface area contributed by atoms with Crippen molar-refractivity contribution in [1.82, 2.24) is 0 Å². The Labute approximate surface area is 155 Å². The van der Waals surface area contributed by atoms with Crippen LogP contribution in [0.25, 0.3) is 11.3 Å². The van der Waals surface area contributed by atoms with Gasteiger partial charge in [0.2, 0.25) is 0 Å². The molecule has 2 N–H and O–H groups in total. The van der Waals surface area contributed by atoms with Gasteiger partial charge in [-0.15, -0.1) is 0 Å². The highest BCUT2D eigenvalue weighted by molar-refractivity contribution is 6.34. The molecule has 2 aromatic carbocycles. The Morgan fingerprint density at radius 1 is 1.08 bits per heavy atom. The molecule has 0 unspecified atom stereocenters. The van der Waals surface area contributed by atoms with E-state index in [1.165, 1.54) is 0 Å². The highest BCUT2D eigenvalue weighted by Crippen LogP contribution is 2.32. The van der Waals surface area contributed by atoms with Crippen molar-refractivity contribution in [3.63, 3.8) is 0 Å². The maximum atomic E-state index is 12.4. The van der Waals surface area contributed by atoms with Crippen LogP contribution in [0.4, 0.5) is 5.69 Å². The molecule has 0 saturated carbocycles. The van der Waals surface area contributed by atoms with E-state index in [1.807, 2.05) is 13.0 Å². The van der Waals surface area contributed by atoms with Gasteiger partial charge in [-0.25, -0.2) is 0 Å². The maximum Gasteiger partial charge on any atom is 0.257 e. The molecule has 128 valence electrons. The third-order valence-electron chi connectivity index (χ3n) is 3.68. The number of nitrogens with one attached hydrogen (secondary N) is 1. The van der Waals surface area contributed by atoms with E-state index in [1.54, 1.807) is 42.5 Å². The summed E-state index contributed by atoms with van der Waals surface area (Å²) in [4.78, 5) is 12.4. The van der Waals surface area contributed by atoms with Gasteiger partial charge in [0, 0.05) is 11.3 Å². The fourth-order valence-corrected chi connectivity index (χ4v) is 2.93. The van der Waals surface area contributed by atoms with Crippen LogP contribution in [0, 0.1) is 6.92 Å². The van der Waals surface area contributed by atoms with Gasteiger partial charge in [-0.2, -0.15) is 0 Å². The predicted octanol–water partition coefficient (Wildman–Crippen LogP) is 5.31. The molecule has 0 atom stereocenters. The van der Waals surface area contributed by atoms with Crippen LogP contribution in [-0.4, -0.2) is 11.0 Å². The van der Waals surface area contributed by atoms with E-state index in [0.29, 0.717) is 38.4 Å². The van der Waals surface area contributed by atoms with Gasteiger partial charge >= 0.3 is 0 Å². The van der Waals surface area contributed by atoms with Gasteiger partial charge < -0.3 is 14.8 Å². The van der Waals surface area contributed by atoms with Gasteiger partial charge in [-0.3, -0.25) is 4.79 Å². The van der Waals surface area contributed by atoms with Crippen molar-refractivity contribution in [1.29, 1.82) is 0 Å². The standard InChI is InChI=1S/C19H15Cl2NO3/c1-11-2-5-14(17(21)8-11)19(24)22-12-3-6-16(20)15(9-12)18-7-4-13(10-23)25-18/h2-9,23H,10H2,1H3,(H,22,24). The van der Waals surface area contributed by atoms with Crippen LogP contribution in [0.2, 0.25) is 10.0 Å². The van der Waals surface area contributed by atoms with Gasteiger partial charge in [0.1, 0.15) is 18.1 Å². The van der Waals surface area contributed by atoms with Crippen LogP contribution in [0.3, 0.4) is 0 Å². The lowest BCUT2D eigenvalue weighted by Crippen LogP contribution is -2.12. The van der Waals surface area contributed by atoms with Crippen molar-refractivity contribution in [3.8, 4) is 11.3 Å². The lowest BCUT2D eigenvalue weighted by atomic mass is 10.1. The fraction of sp³-hybridized carbons (Fsp3) is 0.105. The van der Waals surface area contributed by atoms with Crippen molar-refractivity contribution in [2.45, 2.75) is 13.5 Å². The molecule has 0 radical (unpaired) electrons. The largest absolute Gasteiger partial charge is 0.459 e. The zero-order valence-electron chi connectivity index (χ0n) is 13.3. The molecule has 3 aromatic rings. The topological polar surface area (TPSA) is 62.5 Å². The Balaban J connectivity index is 1.88. The van der Waals surface area contributed by atoms with E-state index in [-0.39, 0.29) is 12.5 Å². The zero-order chi connectivity index (χ0) is 18.0. The van der Waals surface area contributed by atoms with E-state index in [2.05, 4.69) is 5.32 Å². The lowest BCUT2D eigenvalue weighted by molar-refractivity contribution is 0.102. The smallest absolute Gasteiger partial charge is 0.257 e. The highest BCUT2D eigenvalue weighted by atomic mass is 35.5. The minimum absolute atomic E-state index is 0.194. The minimum atomic E-state index is -0.311. The molecule has 0 spiro atoms. The van der Waals surface area contributed by atoms with Gasteiger partial charge in [0.15, 0.2) is 0 Å². The van der Waals surface area contributed by atoms with Crippen molar-refractivity contribution < 1.29 is 14.3 Å². The van der Waals surface area contributed by atoms with Crippen LogP contribution >= 0.6 is 23.2 Å². The molecule has 6 heteroatoms. The molecule has 1 amide bonds. The van der Waals surface area contributed by atoms with Crippen LogP contribution in [0.1, 0.15) is 21.7 Å². The molecule has 0 aliphatic rings. The molecule has 0 saturated heterocycles. The number of amides is 1. The average molecular weight is 376 g/mol. The Morgan fingerprint density at radius 3 is 2.56 bits per heavy atom. The first kappa shape index (κ1) is 17.5. The molecule has 1 aromatic heterocycles. The van der Waals surface area contributed by atoms with E-state index in [0.717, 1.165) is 5.56 Å². The molecule has 0 fully saturated rings. The zero-order valence-corrected chi connectivity index (χ0v) is 14.9. The van der Waals surface area contributed by atoms with Gasteiger partial charge in [0.25, 0.3) is 5.91 Å². The molecule has 0 aliphatic heterocycles. The van der Waals surface area contributed by atoms with E-state index < -0.39 is 0 Å². The van der Waals surface area contributed by atoms with Crippen molar-refractivity contribution >= 4 is 34.8 Å². The van der Waals surface area contributed by atoms with Gasteiger partial charge in [0.05, 0.1) is 15.6 Å². The number of hydrogen-bond donors (Lipinski definition) is 2. The third-order valence-corrected chi connectivity index (χ3v) is 4.32. The molecule has 0 bridgehead atoms. The molecule has 3 rings (SSSR count). The average Bonchev–Trinajstić information content (AvgIpc) is 3.05. The second kappa shape index (κ2) is 7.31. The van der Waals surface area contributed by atoms with Crippen LogP contribution in [0.5, 0.6) is 0 Å². The number of benzene rings is 2. The summed E-state index contributed by atoms with van der Waals surface area (Å²) >= 11 is 12.4. The summed E-state index contributed by atoms with van der Waals surface area (Å²) in [7, 11) is 0. The number of anilines is 1. The van der Waals surface area contributed by atoms with Crippen LogP contribution in [-0.2, 0) is 6.61 Å². The quantitative estimate of drug-likeness (QED) is 0.649. The van der Waals surface area contributed by atoms with Gasteiger partial charge in [-0.05, 0) is 55.0 Å². The second-order valence-electron chi connectivity index (χ2n) is 5.56. The Bertz CT molecular complexity index is 934. The minimum Gasteiger partial charge on any atom is -0.459 e. The summed E-state index contributed by atoms with van der Waals surface area (Å²) in [6, 6.07) is 13.7. The van der Waals surface area contributed by atoms with E-state index >= 15 is 0 Å². The number of aliphatic hydroxyl groups is 1. The van der Waals surface area contributed by atoms with E-state index in [4.69, 9.17) is 32.7 Å². The van der Waals surface area contributed by atoms with Gasteiger partial charge in [-0.1, -0.05) is 29.3 Å². The number of aliphatic hydroxyl groups excluding tert-OH is 1.